The van der Waals surface area contributed by atoms with Gasteiger partial charge in [-0.25, -0.2) is 4.79 Å². The molecule has 0 radical (unpaired) electrons. The number of aromatic nitrogens is 1. The second kappa shape index (κ2) is 13.2. The van der Waals surface area contributed by atoms with Crippen LogP contribution in [-0.4, -0.2) is 47.1 Å². The molecule has 1 saturated heterocycles. The monoisotopic (exact) mass is 765 g/mol. The lowest BCUT2D eigenvalue weighted by atomic mass is 9.68. The molecule has 2 N–H and O–H groups in total. The van der Waals surface area contributed by atoms with E-state index in [0.717, 1.165) is 37.6 Å². The van der Waals surface area contributed by atoms with E-state index in [9.17, 15) is 24.0 Å². The van der Waals surface area contributed by atoms with Gasteiger partial charge in [0.05, 0.1) is 34.7 Å². The summed E-state index contributed by atoms with van der Waals surface area (Å²) in [6, 6.07) is 25.2. The van der Waals surface area contributed by atoms with Crippen LogP contribution in [0.3, 0.4) is 0 Å². The first-order chi connectivity index (χ1) is 25.7. The van der Waals surface area contributed by atoms with E-state index in [1.54, 1.807) is 55.1 Å². The van der Waals surface area contributed by atoms with Crippen LogP contribution in [0.15, 0.2) is 94.7 Å². The van der Waals surface area contributed by atoms with E-state index >= 15 is 0 Å². The van der Waals surface area contributed by atoms with E-state index in [1.165, 1.54) is 4.90 Å². The lowest BCUT2D eigenvalue weighted by Crippen LogP contribution is -2.42. The molecule has 3 heterocycles. The standard InChI is InChI=1S/C40H32ClN3O7S2/c1-2-50-39(48)20-8-12-24(13-9-20)44-37(46)32-26-17-27(33(32)38(44)47)34-31(26)30(35-36(52-34)43-40(49)53-35)25-16-22(41)10-14-28(25)51-18-29(45)42-23-11-7-19-5-3-4-6-21(19)15-23/h3-16,26-27,30-34H,2,17-18H2,1H3,(H,42,45)(H,43,49)/t26?,27?,30-,31?,32?,33?,34?/m1/s1. The number of carbonyl (C=O) groups excluding carboxylic acids is 4. The van der Waals surface area contributed by atoms with Crippen LogP contribution in [0.1, 0.15) is 40.1 Å². The van der Waals surface area contributed by atoms with Crippen LogP contribution in [0.2, 0.25) is 5.02 Å². The number of ether oxygens (including phenoxy) is 2. The number of nitrogens with zero attached hydrogens (tertiary/aromatic N) is 1. The Kier molecular flexibility index (Phi) is 8.43. The molecule has 268 valence electrons. The van der Waals surface area contributed by atoms with Gasteiger partial charge in [0.15, 0.2) is 6.61 Å². The molecule has 1 aromatic heterocycles. The fraction of sp³-hybridized carbons (Fsp3) is 0.275. The van der Waals surface area contributed by atoms with Gasteiger partial charge < -0.3 is 19.8 Å². The third kappa shape index (κ3) is 5.66. The number of thioether (sulfide) groups is 1. The summed E-state index contributed by atoms with van der Waals surface area (Å²) in [6.45, 7) is 1.70. The van der Waals surface area contributed by atoms with Gasteiger partial charge in [0.25, 0.3) is 5.91 Å². The third-order valence-corrected chi connectivity index (χ3v) is 13.9. The number of carbonyl (C=O) groups is 4. The highest BCUT2D eigenvalue weighted by Crippen LogP contribution is 2.69. The van der Waals surface area contributed by atoms with Crippen molar-refractivity contribution < 1.29 is 28.7 Å². The Hall–Kier alpha value is -4.91. The van der Waals surface area contributed by atoms with E-state index < -0.39 is 17.8 Å². The number of benzene rings is 4. The van der Waals surface area contributed by atoms with E-state index in [0.29, 0.717) is 34.1 Å². The number of rotatable bonds is 8. The van der Waals surface area contributed by atoms with Crippen LogP contribution in [0, 0.1) is 29.6 Å². The van der Waals surface area contributed by atoms with Crippen molar-refractivity contribution in [3.8, 4) is 5.75 Å². The molecule has 2 aliphatic heterocycles. The number of esters is 1. The van der Waals surface area contributed by atoms with Gasteiger partial charge in [-0.3, -0.25) is 24.1 Å². The third-order valence-electron chi connectivity index (χ3n) is 11.1. The number of H-pyrrole nitrogens is 1. The minimum absolute atomic E-state index is 0.0603. The fourth-order valence-electron chi connectivity index (χ4n) is 9.08. The van der Waals surface area contributed by atoms with Crippen LogP contribution >= 0.6 is 34.7 Å². The molecule has 4 aromatic carbocycles. The molecule has 13 heteroatoms. The summed E-state index contributed by atoms with van der Waals surface area (Å²) in [7, 11) is 0. The second-order valence-corrected chi connectivity index (χ2v) is 16.5. The molecule has 2 saturated carbocycles. The average Bonchev–Trinajstić information content (AvgIpc) is 3.90. The SMILES string of the molecule is CCOC(=O)c1ccc(N2C(=O)C3C4CC(C3C2=O)C2C4Sc3[nH]c(=O)sc3[C@@H]2c2cc(Cl)ccc2OCC(=O)Nc2ccc3ccccc3c2)cc1. The van der Waals surface area contributed by atoms with Crippen molar-refractivity contribution in [1.82, 2.24) is 4.98 Å². The number of imide groups is 1. The van der Waals surface area contributed by atoms with Crippen LogP contribution in [-0.2, 0) is 19.1 Å². The van der Waals surface area contributed by atoms with Crippen molar-refractivity contribution in [2.24, 2.45) is 29.6 Å². The van der Waals surface area contributed by atoms with Gasteiger partial charge in [-0.15, -0.1) is 11.8 Å². The van der Waals surface area contributed by atoms with E-state index in [-0.39, 0.29) is 64.7 Å². The number of amides is 3. The molecule has 3 amide bonds. The lowest BCUT2D eigenvalue weighted by Gasteiger charge is -2.43. The van der Waals surface area contributed by atoms with Crippen molar-refractivity contribution in [3.63, 3.8) is 0 Å². The second-order valence-electron chi connectivity index (χ2n) is 13.8. The summed E-state index contributed by atoms with van der Waals surface area (Å²) in [4.78, 5) is 71.6. The predicted molar refractivity (Wildman–Crippen MR) is 203 cm³/mol. The lowest BCUT2D eigenvalue weighted by molar-refractivity contribution is -0.123. The maximum atomic E-state index is 14.3. The van der Waals surface area contributed by atoms with Gasteiger partial charge in [-0.1, -0.05) is 53.3 Å². The van der Waals surface area contributed by atoms with Crippen LogP contribution in [0.4, 0.5) is 11.4 Å². The molecular formula is C40H32ClN3O7S2. The summed E-state index contributed by atoms with van der Waals surface area (Å²) in [5, 5.41) is 6.15. The first-order valence-electron chi connectivity index (χ1n) is 17.5. The normalized spacial score (nSPS) is 25.2. The first-order valence-corrected chi connectivity index (χ1v) is 19.5. The number of fused-ring (bicyclic) bond motifs is 10. The highest BCUT2D eigenvalue weighted by atomic mass is 35.5. The number of aromatic amines is 1. The van der Waals surface area contributed by atoms with Crippen LogP contribution in [0.25, 0.3) is 10.8 Å². The molecule has 53 heavy (non-hydrogen) atoms. The minimum Gasteiger partial charge on any atom is -0.483 e. The summed E-state index contributed by atoms with van der Waals surface area (Å²) in [6.07, 6.45) is 0.700. The Morgan fingerprint density at radius 2 is 1.68 bits per heavy atom. The smallest absolute Gasteiger partial charge is 0.338 e. The Balaban J connectivity index is 1.01. The predicted octanol–water partition coefficient (Wildman–Crippen LogP) is 7.12. The summed E-state index contributed by atoms with van der Waals surface area (Å²) in [5.41, 5.74) is 2.14. The average molecular weight is 766 g/mol. The number of anilines is 2. The molecule has 4 aliphatic rings. The van der Waals surface area contributed by atoms with E-state index in [1.807, 2.05) is 48.5 Å². The molecule has 2 aliphatic carbocycles. The molecule has 0 spiro atoms. The van der Waals surface area contributed by atoms with Gasteiger partial charge in [-0.2, -0.15) is 0 Å². The van der Waals surface area contributed by atoms with Crippen molar-refractivity contribution in [3.05, 3.63) is 116 Å². The van der Waals surface area contributed by atoms with Crippen LogP contribution < -0.4 is 19.8 Å². The number of thiazole rings is 1. The maximum absolute atomic E-state index is 14.3. The van der Waals surface area contributed by atoms with Gasteiger partial charge >= 0.3 is 10.8 Å². The highest BCUT2D eigenvalue weighted by Gasteiger charge is 2.70. The molecule has 3 fully saturated rings. The largest absolute Gasteiger partial charge is 0.483 e. The van der Waals surface area contributed by atoms with E-state index in [4.69, 9.17) is 21.1 Å². The van der Waals surface area contributed by atoms with Crippen LogP contribution in [0.5, 0.6) is 5.75 Å². The topological polar surface area (TPSA) is 135 Å². The minimum atomic E-state index is -0.532. The van der Waals surface area contributed by atoms with Crippen molar-refractivity contribution in [2.45, 2.75) is 29.5 Å². The first kappa shape index (κ1) is 33.9. The Labute approximate surface area is 316 Å². The molecule has 10 nitrogen and oxygen atoms in total. The molecule has 5 aromatic rings. The number of nitrogens with one attached hydrogen (secondary N) is 2. The fourth-order valence-corrected chi connectivity index (χ4v) is 12.1. The summed E-state index contributed by atoms with van der Waals surface area (Å²) in [5.74, 6) is -2.59. The van der Waals surface area contributed by atoms with Gasteiger partial charge in [0.2, 0.25) is 11.8 Å². The zero-order valence-electron chi connectivity index (χ0n) is 28.2. The summed E-state index contributed by atoms with van der Waals surface area (Å²) >= 11 is 9.35. The number of hydrogen-bond donors (Lipinski definition) is 2. The van der Waals surface area contributed by atoms with Crippen molar-refractivity contribution in [1.29, 1.82) is 0 Å². The van der Waals surface area contributed by atoms with Crippen molar-refractivity contribution >= 4 is 80.5 Å². The van der Waals surface area contributed by atoms with Crippen molar-refractivity contribution in [2.75, 3.05) is 23.4 Å². The molecule has 2 bridgehead atoms. The zero-order chi connectivity index (χ0) is 36.5. The molecule has 9 rings (SSSR count). The highest BCUT2D eigenvalue weighted by molar-refractivity contribution is 8.00. The zero-order valence-corrected chi connectivity index (χ0v) is 30.6. The van der Waals surface area contributed by atoms with Gasteiger partial charge in [0, 0.05) is 32.3 Å². The van der Waals surface area contributed by atoms with Gasteiger partial charge in [-0.05, 0) is 96.5 Å². The molecule has 6 unspecified atom stereocenters. The Bertz CT molecular complexity index is 2390. The summed E-state index contributed by atoms with van der Waals surface area (Å²) < 4.78 is 11.3. The molecule has 7 atom stereocenters. The van der Waals surface area contributed by atoms with E-state index in [2.05, 4.69) is 10.3 Å². The molecular weight excluding hydrogens is 734 g/mol. The Morgan fingerprint density at radius 3 is 2.45 bits per heavy atom. The quantitative estimate of drug-likeness (QED) is 0.126. The number of halogens is 1. The Morgan fingerprint density at radius 1 is 0.925 bits per heavy atom. The number of hydrogen-bond acceptors (Lipinski definition) is 9. The van der Waals surface area contributed by atoms with Gasteiger partial charge in [0.1, 0.15) is 5.75 Å². The maximum Gasteiger partial charge on any atom is 0.338 e.